The summed E-state index contributed by atoms with van der Waals surface area (Å²) in [7, 11) is 0. The lowest BCUT2D eigenvalue weighted by atomic mass is 9.60. The predicted molar refractivity (Wildman–Crippen MR) is 138 cm³/mol. The Balaban J connectivity index is 2.07. The van der Waals surface area contributed by atoms with Crippen molar-refractivity contribution in [3.8, 4) is 28.0 Å². The van der Waals surface area contributed by atoms with E-state index in [1.165, 1.54) is 33.9 Å². The van der Waals surface area contributed by atoms with E-state index in [2.05, 4.69) is 58.6 Å². The molecule has 0 aliphatic heterocycles. The molecule has 0 saturated carbocycles. The van der Waals surface area contributed by atoms with E-state index in [9.17, 15) is 9.90 Å². The molecule has 0 fully saturated rings. The maximum absolute atomic E-state index is 11.9. The van der Waals surface area contributed by atoms with Crippen LogP contribution in [0, 0.1) is 6.92 Å². The fourth-order valence-electron chi connectivity index (χ4n) is 5.17. The summed E-state index contributed by atoms with van der Waals surface area (Å²) in [5, 5.41) is 12.9. The normalized spacial score (nSPS) is 16.0. The molecule has 2 N–H and O–H groups in total. The Morgan fingerprint density at radius 2 is 1.61 bits per heavy atom. The SMILES string of the molecule is C=CC(=O)Nc1cccc(-c2c(C)cc3c(c2-c2ccc(O)cc2)C(C)(C)CCC3(C)C)c1. The summed E-state index contributed by atoms with van der Waals surface area (Å²) < 4.78 is 0. The topological polar surface area (TPSA) is 49.3 Å². The Kier molecular flexibility index (Phi) is 5.69. The molecule has 0 radical (unpaired) electrons. The van der Waals surface area contributed by atoms with E-state index < -0.39 is 0 Å². The lowest BCUT2D eigenvalue weighted by Crippen LogP contribution is -2.34. The Bertz CT molecular complexity index is 1230. The van der Waals surface area contributed by atoms with Gasteiger partial charge in [-0.3, -0.25) is 4.79 Å². The molecule has 0 unspecified atom stereocenters. The lowest BCUT2D eigenvalue weighted by Gasteiger charge is -2.44. The molecule has 0 aromatic heterocycles. The molecule has 3 aromatic carbocycles. The average Bonchev–Trinajstić information content (AvgIpc) is 2.77. The van der Waals surface area contributed by atoms with Crippen molar-refractivity contribution in [1.29, 1.82) is 0 Å². The second-order valence-corrected chi connectivity index (χ2v) is 10.5. The molecule has 0 saturated heterocycles. The molecule has 1 amide bonds. The first-order valence-electron chi connectivity index (χ1n) is 11.6. The molecule has 0 heterocycles. The van der Waals surface area contributed by atoms with Crippen LogP contribution in [0.15, 0.2) is 67.3 Å². The van der Waals surface area contributed by atoms with Crippen LogP contribution >= 0.6 is 0 Å². The number of fused-ring (bicyclic) bond motifs is 1. The summed E-state index contributed by atoms with van der Waals surface area (Å²) >= 11 is 0. The summed E-state index contributed by atoms with van der Waals surface area (Å²) in [6.07, 6.45) is 3.53. The Labute approximate surface area is 197 Å². The summed E-state index contributed by atoms with van der Waals surface area (Å²) in [6, 6.07) is 17.9. The van der Waals surface area contributed by atoms with Crippen LogP contribution in [-0.4, -0.2) is 11.0 Å². The van der Waals surface area contributed by atoms with Gasteiger partial charge in [0.1, 0.15) is 5.75 Å². The zero-order valence-electron chi connectivity index (χ0n) is 20.3. The Morgan fingerprint density at radius 1 is 0.939 bits per heavy atom. The second-order valence-electron chi connectivity index (χ2n) is 10.5. The number of hydrogen-bond donors (Lipinski definition) is 2. The summed E-state index contributed by atoms with van der Waals surface area (Å²) in [6.45, 7) is 15.1. The van der Waals surface area contributed by atoms with E-state index in [0.717, 1.165) is 29.7 Å². The van der Waals surface area contributed by atoms with Gasteiger partial charge in [-0.25, -0.2) is 0 Å². The van der Waals surface area contributed by atoms with Gasteiger partial charge in [-0.05, 0) is 99.9 Å². The molecule has 1 aliphatic rings. The van der Waals surface area contributed by atoms with Gasteiger partial charge in [0, 0.05) is 5.69 Å². The quantitative estimate of drug-likeness (QED) is 0.413. The van der Waals surface area contributed by atoms with E-state index in [-0.39, 0.29) is 22.5 Å². The highest BCUT2D eigenvalue weighted by atomic mass is 16.3. The molecule has 1 aliphatic carbocycles. The van der Waals surface area contributed by atoms with Crippen molar-refractivity contribution in [3.05, 3.63) is 83.9 Å². The number of aryl methyl sites for hydroxylation is 1. The molecule has 0 bridgehead atoms. The van der Waals surface area contributed by atoms with E-state index in [1.807, 2.05) is 30.3 Å². The fourth-order valence-corrected chi connectivity index (χ4v) is 5.17. The van der Waals surface area contributed by atoms with Crippen molar-refractivity contribution in [2.45, 2.75) is 58.3 Å². The van der Waals surface area contributed by atoms with Crippen molar-refractivity contribution >= 4 is 11.6 Å². The molecule has 3 heteroatoms. The van der Waals surface area contributed by atoms with Gasteiger partial charge >= 0.3 is 0 Å². The number of nitrogens with one attached hydrogen (secondary N) is 1. The number of phenolic OH excluding ortho intramolecular Hbond substituents is 1. The van der Waals surface area contributed by atoms with Gasteiger partial charge in [0.25, 0.3) is 0 Å². The van der Waals surface area contributed by atoms with Crippen LogP contribution in [-0.2, 0) is 15.6 Å². The maximum Gasteiger partial charge on any atom is 0.247 e. The predicted octanol–water partition coefficient (Wildman–Crippen LogP) is 7.51. The van der Waals surface area contributed by atoms with E-state index in [4.69, 9.17) is 0 Å². The van der Waals surface area contributed by atoms with Gasteiger partial charge in [-0.1, -0.05) is 64.6 Å². The fraction of sp³-hybridized carbons (Fsp3) is 0.300. The van der Waals surface area contributed by atoms with Crippen LogP contribution in [0.3, 0.4) is 0 Å². The number of aromatic hydroxyl groups is 1. The molecule has 3 nitrogen and oxygen atoms in total. The number of phenols is 1. The van der Waals surface area contributed by atoms with Crippen molar-refractivity contribution in [3.63, 3.8) is 0 Å². The minimum Gasteiger partial charge on any atom is -0.508 e. The van der Waals surface area contributed by atoms with Crippen molar-refractivity contribution in [2.24, 2.45) is 0 Å². The number of carbonyl (C=O) groups is 1. The molecule has 170 valence electrons. The van der Waals surface area contributed by atoms with Crippen LogP contribution in [0.2, 0.25) is 0 Å². The number of rotatable bonds is 4. The van der Waals surface area contributed by atoms with Gasteiger partial charge in [0.05, 0.1) is 0 Å². The van der Waals surface area contributed by atoms with Gasteiger partial charge in [0.2, 0.25) is 5.91 Å². The number of hydrogen-bond acceptors (Lipinski definition) is 2. The molecular weight excluding hydrogens is 406 g/mol. The Hall–Kier alpha value is -3.33. The van der Waals surface area contributed by atoms with Crippen molar-refractivity contribution < 1.29 is 9.90 Å². The number of amides is 1. The van der Waals surface area contributed by atoms with Crippen LogP contribution in [0.25, 0.3) is 22.3 Å². The lowest BCUT2D eigenvalue weighted by molar-refractivity contribution is -0.111. The smallest absolute Gasteiger partial charge is 0.247 e. The van der Waals surface area contributed by atoms with Gasteiger partial charge in [-0.15, -0.1) is 0 Å². The summed E-state index contributed by atoms with van der Waals surface area (Å²) in [5.74, 6) is 0.0338. The summed E-state index contributed by atoms with van der Waals surface area (Å²) in [4.78, 5) is 11.9. The molecule has 0 atom stereocenters. The third kappa shape index (κ3) is 4.20. The van der Waals surface area contributed by atoms with E-state index in [1.54, 1.807) is 12.1 Å². The minimum absolute atomic E-state index is 0.00912. The first-order valence-corrected chi connectivity index (χ1v) is 11.6. The van der Waals surface area contributed by atoms with Crippen molar-refractivity contribution in [1.82, 2.24) is 0 Å². The maximum atomic E-state index is 11.9. The van der Waals surface area contributed by atoms with Crippen LogP contribution in [0.1, 0.15) is 57.2 Å². The summed E-state index contributed by atoms with van der Waals surface area (Å²) in [5.41, 5.74) is 9.35. The van der Waals surface area contributed by atoms with Gasteiger partial charge in [0.15, 0.2) is 0 Å². The van der Waals surface area contributed by atoms with Crippen LogP contribution < -0.4 is 5.32 Å². The zero-order valence-corrected chi connectivity index (χ0v) is 20.3. The molecule has 4 rings (SSSR count). The molecular formula is C30H33NO2. The van der Waals surface area contributed by atoms with Crippen molar-refractivity contribution in [2.75, 3.05) is 5.32 Å². The van der Waals surface area contributed by atoms with Gasteiger partial charge in [-0.2, -0.15) is 0 Å². The Morgan fingerprint density at radius 3 is 2.27 bits per heavy atom. The zero-order chi connectivity index (χ0) is 24.0. The standard InChI is InChI=1S/C30H33NO2/c1-7-25(33)31-22-10-8-9-21(18-22)26-19(2)17-24-28(30(5,6)16-15-29(24,3)4)27(26)20-11-13-23(32)14-12-20/h7-14,17-18,32H,1,15-16H2,2-6H3,(H,31,33). The first kappa shape index (κ1) is 22.8. The highest BCUT2D eigenvalue weighted by Gasteiger charge is 2.40. The monoisotopic (exact) mass is 439 g/mol. The highest BCUT2D eigenvalue weighted by molar-refractivity contribution is 5.99. The largest absolute Gasteiger partial charge is 0.508 e. The first-order chi connectivity index (χ1) is 15.5. The third-order valence-corrected chi connectivity index (χ3v) is 7.07. The third-order valence-electron chi connectivity index (χ3n) is 7.07. The van der Waals surface area contributed by atoms with E-state index >= 15 is 0 Å². The highest BCUT2D eigenvalue weighted by Crippen LogP contribution is 2.53. The van der Waals surface area contributed by atoms with Crippen LogP contribution in [0.5, 0.6) is 5.75 Å². The number of benzene rings is 3. The molecule has 3 aromatic rings. The average molecular weight is 440 g/mol. The second kappa shape index (κ2) is 8.22. The molecule has 33 heavy (non-hydrogen) atoms. The number of carbonyl (C=O) groups excluding carboxylic acids is 1. The van der Waals surface area contributed by atoms with E-state index in [0.29, 0.717) is 0 Å². The van der Waals surface area contributed by atoms with Gasteiger partial charge < -0.3 is 10.4 Å². The minimum atomic E-state index is -0.226. The van der Waals surface area contributed by atoms with Crippen LogP contribution in [0.4, 0.5) is 5.69 Å². The molecule has 0 spiro atoms. The number of anilines is 1.